The van der Waals surface area contributed by atoms with E-state index in [1.54, 1.807) is 6.07 Å². The van der Waals surface area contributed by atoms with Crippen molar-refractivity contribution in [1.82, 2.24) is 4.90 Å². The van der Waals surface area contributed by atoms with E-state index in [1.807, 2.05) is 23.1 Å². The van der Waals surface area contributed by atoms with Crippen molar-refractivity contribution in [2.45, 2.75) is 39.0 Å². The Morgan fingerprint density at radius 3 is 2.95 bits per heavy atom. The second-order valence-corrected chi connectivity index (χ2v) is 6.21. The third-order valence-electron chi connectivity index (χ3n) is 4.00. The number of benzene rings is 1. The molecular weight excluding hydrogens is 286 g/mol. The number of hydrogen-bond donors (Lipinski definition) is 0. The van der Waals surface area contributed by atoms with Gasteiger partial charge in [0, 0.05) is 19.5 Å². The summed E-state index contributed by atoms with van der Waals surface area (Å²) >= 11 is 6.02. The second-order valence-electron chi connectivity index (χ2n) is 5.80. The van der Waals surface area contributed by atoms with E-state index in [4.69, 9.17) is 16.3 Å². The largest absolute Gasteiger partial charge is 0.492 e. The normalized spacial score (nSPS) is 19.1. The molecule has 1 unspecified atom stereocenters. The zero-order valence-electron chi connectivity index (χ0n) is 12.7. The molecule has 1 aromatic carbocycles. The first-order valence-electron chi connectivity index (χ1n) is 7.82. The fourth-order valence-corrected chi connectivity index (χ4v) is 2.83. The summed E-state index contributed by atoms with van der Waals surface area (Å²) in [5, 5.41) is 0.616. The van der Waals surface area contributed by atoms with E-state index in [0.29, 0.717) is 23.8 Å². The molecule has 0 radical (unpaired) electrons. The zero-order chi connectivity index (χ0) is 15.1. The Hall–Kier alpha value is -1.22. The molecule has 1 saturated heterocycles. The molecule has 2 rings (SSSR count). The number of halogens is 1. The Morgan fingerprint density at radius 1 is 1.33 bits per heavy atom. The first kappa shape index (κ1) is 16.2. The quantitative estimate of drug-likeness (QED) is 0.765. The lowest BCUT2D eigenvalue weighted by Gasteiger charge is -2.20. The van der Waals surface area contributed by atoms with Crippen LogP contribution in [0.3, 0.4) is 0 Å². The number of ether oxygens (including phenoxy) is 1. The minimum absolute atomic E-state index is 0.256. The molecule has 0 spiro atoms. The highest BCUT2D eigenvalue weighted by molar-refractivity contribution is 6.32. The van der Waals surface area contributed by atoms with Crippen LogP contribution in [-0.2, 0) is 4.79 Å². The van der Waals surface area contributed by atoms with E-state index in [9.17, 15) is 4.79 Å². The standard InChI is InChI=1S/C17H24ClNO2/c1-14-6-4-11-19(12-10-14)17(20)9-5-13-21-16-8-3-2-7-15(16)18/h2-3,7-8,14H,4-6,9-13H2,1H3. The van der Waals surface area contributed by atoms with Gasteiger partial charge >= 0.3 is 0 Å². The first-order valence-corrected chi connectivity index (χ1v) is 8.19. The summed E-state index contributed by atoms with van der Waals surface area (Å²) in [5.74, 6) is 1.69. The molecule has 1 amide bonds. The second kappa shape index (κ2) is 8.28. The number of carbonyl (C=O) groups excluding carboxylic acids is 1. The highest BCUT2D eigenvalue weighted by Gasteiger charge is 2.17. The highest BCUT2D eigenvalue weighted by atomic mass is 35.5. The van der Waals surface area contributed by atoms with E-state index in [-0.39, 0.29) is 5.91 Å². The van der Waals surface area contributed by atoms with E-state index >= 15 is 0 Å². The molecule has 1 aromatic rings. The topological polar surface area (TPSA) is 29.5 Å². The predicted molar refractivity (Wildman–Crippen MR) is 85.8 cm³/mol. The van der Waals surface area contributed by atoms with Gasteiger partial charge in [-0.25, -0.2) is 0 Å². The number of hydrogen-bond acceptors (Lipinski definition) is 2. The van der Waals surface area contributed by atoms with Crippen molar-refractivity contribution >= 4 is 17.5 Å². The summed E-state index contributed by atoms with van der Waals surface area (Å²) in [7, 11) is 0. The van der Waals surface area contributed by atoms with Crippen LogP contribution in [0.2, 0.25) is 5.02 Å². The number of carbonyl (C=O) groups is 1. The molecule has 3 nitrogen and oxygen atoms in total. The molecule has 0 aromatic heterocycles. The van der Waals surface area contributed by atoms with Gasteiger partial charge in [0.2, 0.25) is 5.91 Å². The Labute approximate surface area is 132 Å². The molecule has 1 aliphatic rings. The third-order valence-corrected chi connectivity index (χ3v) is 4.31. The first-order chi connectivity index (χ1) is 10.2. The van der Waals surface area contributed by atoms with Gasteiger partial charge in [0.25, 0.3) is 0 Å². The summed E-state index contributed by atoms with van der Waals surface area (Å²) in [5.41, 5.74) is 0. The molecule has 116 valence electrons. The molecule has 0 bridgehead atoms. The van der Waals surface area contributed by atoms with Crippen LogP contribution in [0.25, 0.3) is 0 Å². The maximum absolute atomic E-state index is 12.2. The van der Waals surface area contributed by atoms with Gasteiger partial charge in [0.1, 0.15) is 5.75 Å². The molecule has 0 aliphatic carbocycles. The molecule has 0 saturated carbocycles. The maximum Gasteiger partial charge on any atom is 0.222 e. The molecule has 1 aliphatic heterocycles. The van der Waals surface area contributed by atoms with Gasteiger partial charge in [-0.2, -0.15) is 0 Å². The van der Waals surface area contributed by atoms with Crippen LogP contribution in [-0.4, -0.2) is 30.5 Å². The van der Waals surface area contributed by atoms with Crippen molar-refractivity contribution < 1.29 is 9.53 Å². The van der Waals surface area contributed by atoms with Gasteiger partial charge in [-0.15, -0.1) is 0 Å². The summed E-state index contributed by atoms with van der Waals surface area (Å²) in [6.45, 7) is 4.62. The van der Waals surface area contributed by atoms with Crippen molar-refractivity contribution in [1.29, 1.82) is 0 Å². The van der Waals surface area contributed by atoms with Crippen LogP contribution < -0.4 is 4.74 Å². The molecule has 1 fully saturated rings. The summed E-state index contributed by atoms with van der Waals surface area (Å²) < 4.78 is 5.61. The molecule has 1 heterocycles. The SMILES string of the molecule is CC1CCCN(C(=O)CCCOc2ccccc2Cl)CC1. The zero-order valence-corrected chi connectivity index (χ0v) is 13.4. The average Bonchev–Trinajstić information content (AvgIpc) is 2.70. The van der Waals surface area contributed by atoms with Crippen LogP contribution in [0.4, 0.5) is 0 Å². The molecule has 21 heavy (non-hydrogen) atoms. The Kier molecular flexibility index (Phi) is 6.37. The lowest BCUT2D eigenvalue weighted by molar-refractivity contribution is -0.131. The van der Waals surface area contributed by atoms with E-state index in [2.05, 4.69) is 6.92 Å². The Balaban J connectivity index is 1.68. The predicted octanol–water partition coefficient (Wildman–Crippen LogP) is 4.15. The third kappa shape index (κ3) is 5.24. The van der Waals surface area contributed by atoms with Gasteiger partial charge in [-0.05, 0) is 43.7 Å². The van der Waals surface area contributed by atoms with Gasteiger partial charge in [0.15, 0.2) is 0 Å². The minimum atomic E-state index is 0.256. The Bertz CT molecular complexity index is 464. The van der Waals surface area contributed by atoms with Crippen LogP contribution in [0.5, 0.6) is 5.75 Å². The smallest absolute Gasteiger partial charge is 0.222 e. The van der Waals surface area contributed by atoms with Crippen LogP contribution >= 0.6 is 11.6 Å². The van der Waals surface area contributed by atoms with Crippen LogP contribution in [0.1, 0.15) is 39.0 Å². The number of likely N-dealkylation sites (tertiary alicyclic amines) is 1. The van der Waals surface area contributed by atoms with E-state index < -0.39 is 0 Å². The maximum atomic E-state index is 12.2. The lowest BCUT2D eigenvalue weighted by Crippen LogP contribution is -2.32. The lowest BCUT2D eigenvalue weighted by atomic mass is 10.0. The average molecular weight is 310 g/mol. The summed E-state index contributed by atoms with van der Waals surface area (Å²) in [4.78, 5) is 14.2. The highest BCUT2D eigenvalue weighted by Crippen LogP contribution is 2.23. The summed E-state index contributed by atoms with van der Waals surface area (Å²) in [6.07, 6.45) is 4.78. The van der Waals surface area contributed by atoms with Crippen molar-refractivity contribution in [3.8, 4) is 5.75 Å². The number of nitrogens with zero attached hydrogens (tertiary/aromatic N) is 1. The van der Waals surface area contributed by atoms with Crippen LogP contribution in [0, 0.1) is 5.92 Å². The minimum Gasteiger partial charge on any atom is -0.492 e. The van der Waals surface area contributed by atoms with E-state index in [0.717, 1.165) is 38.3 Å². The van der Waals surface area contributed by atoms with Gasteiger partial charge < -0.3 is 9.64 Å². The fourth-order valence-electron chi connectivity index (χ4n) is 2.64. The molecule has 1 atom stereocenters. The number of rotatable bonds is 5. The molecular formula is C17H24ClNO2. The van der Waals surface area contributed by atoms with Crippen LogP contribution in [0.15, 0.2) is 24.3 Å². The van der Waals surface area contributed by atoms with E-state index in [1.165, 1.54) is 6.42 Å². The monoisotopic (exact) mass is 309 g/mol. The van der Waals surface area contributed by atoms with Gasteiger partial charge in [-0.1, -0.05) is 30.7 Å². The van der Waals surface area contributed by atoms with Crippen molar-refractivity contribution in [3.63, 3.8) is 0 Å². The number of para-hydroxylation sites is 1. The summed E-state index contributed by atoms with van der Waals surface area (Å²) in [6, 6.07) is 7.42. The molecule has 4 heteroatoms. The van der Waals surface area contributed by atoms with Crippen molar-refractivity contribution in [2.24, 2.45) is 5.92 Å². The van der Waals surface area contributed by atoms with Crippen molar-refractivity contribution in [2.75, 3.05) is 19.7 Å². The van der Waals surface area contributed by atoms with Gasteiger partial charge in [0.05, 0.1) is 11.6 Å². The van der Waals surface area contributed by atoms with Gasteiger partial charge in [-0.3, -0.25) is 4.79 Å². The Morgan fingerprint density at radius 2 is 2.14 bits per heavy atom. The van der Waals surface area contributed by atoms with Crippen molar-refractivity contribution in [3.05, 3.63) is 29.3 Å². The molecule has 0 N–H and O–H groups in total. The number of amides is 1. The fraction of sp³-hybridized carbons (Fsp3) is 0.588.